The third kappa shape index (κ3) is 1.80. The number of hydrogen-bond donors (Lipinski definition) is 0. The fraction of sp³-hybridized carbons (Fsp3) is 0.182. The lowest BCUT2D eigenvalue weighted by molar-refractivity contribution is 1.05. The van der Waals surface area contributed by atoms with Crippen LogP contribution in [0.15, 0.2) is 30.7 Å². The molecule has 2 nitrogen and oxygen atoms in total. The minimum absolute atomic E-state index is 0.756. The van der Waals surface area contributed by atoms with Gasteiger partial charge in [0.15, 0.2) is 0 Å². The van der Waals surface area contributed by atoms with Gasteiger partial charge in [-0.3, -0.25) is 0 Å². The van der Waals surface area contributed by atoms with Crippen LogP contribution in [-0.4, -0.2) is 9.55 Å². The first-order valence-corrected chi connectivity index (χ1v) is 4.81. The summed E-state index contributed by atoms with van der Waals surface area (Å²) in [5.74, 6) is 0. The maximum Gasteiger partial charge on any atom is 0.0995 e. The van der Waals surface area contributed by atoms with Crippen LogP contribution < -0.4 is 0 Å². The van der Waals surface area contributed by atoms with Gasteiger partial charge in [0.05, 0.1) is 12.0 Å². The van der Waals surface area contributed by atoms with E-state index in [-0.39, 0.29) is 0 Å². The molecular weight excluding hydrogens is 196 g/mol. The molecule has 0 bridgehead atoms. The van der Waals surface area contributed by atoms with Crippen LogP contribution in [0.4, 0.5) is 0 Å². The molecule has 14 heavy (non-hydrogen) atoms. The van der Waals surface area contributed by atoms with Crippen LogP contribution in [0.2, 0.25) is 5.02 Å². The molecule has 0 fully saturated rings. The van der Waals surface area contributed by atoms with Gasteiger partial charge in [0, 0.05) is 16.9 Å². The highest BCUT2D eigenvalue weighted by Gasteiger charge is 1.99. The van der Waals surface area contributed by atoms with E-state index in [1.165, 1.54) is 0 Å². The van der Waals surface area contributed by atoms with E-state index in [2.05, 4.69) is 11.1 Å². The lowest BCUT2D eigenvalue weighted by atomic mass is 10.2. The molecule has 1 heterocycles. The number of imidazole rings is 1. The molecule has 0 N–H and O–H groups in total. The Morgan fingerprint density at radius 2 is 2.00 bits per heavy atom. The lowest BCUT2D eigenvalue weighted by Crippen LogP contribution is -1.90. The van der Waals surface area contributed by atoms with Crippen LogP contribution in [-0.2, 0) is 0 Å². The molecular formula is C11H11ClN2. The van der Waals surface area contributed by atoms with E-state index in [0.717, 1.165) is 22.0 Å². The molecule has 0 saturated heterocycles. The van der Waals surface area contributed by atoms with Crippen molar-refractivity contribution in [2.45, 2.75) is 13.8 Å². The van der Waals surface area contributed by atoms with Gasteiger partial charge in [0.1, 0.15) is 0 Å². The molecule has 0 saturated carbocycles. The van der Waals surface area contributed by atoms with Crippen LogP contribution in [0.1, 0.15) is 11.3 Å². The lowest BCUT2D eigenvalue weighted by Gasteiger charge is -2.03. The molecule has 0 amide bonds. The zero-order valence-electron chi connectivity index (χ0n) is 8.16. The molecule has 2 aromatic rings. The molecule has 0 aliphatic carbocycles. The molecule has 0 aliphatic rings. The summed E-state index contributed by atoms with van der Waals surface area (Å²) in [6.45, 7) is 3.99. The molecule has 0 atom stereocenters. The molecule has 72 valence electrons. The van der Waals surface area contributed by atoms with Crippen molar-refractivity contribution in [1.29, 1.82) is 0 Å². The number of benzene rings is 1. The first-order chi connectivity index (χ1) is 6.65. The monoisotopic (exact) mass is 206 g/mol. The zero-order chi connectivity index (χ0) is 10.1. The number of aryl methyl sites for hydroxylation is 2. The van der Waals surface area contributed by atoms with E-state index >= 15 is 0 Å². The molecule has 1 aromatic heterocycles. The van der Waals surface area contributed by atoms with E-state index < -0.39 is 0 Å². The topological polar surface area (TPSA) is 17.8 Å². The van der Waals surface area contributed by atoms with Crippen molar-refractivity contribution in [3.05, 3.63) is 47.0 Å². The van der Waals surface area contributed by atoms with Gasteiger partial charge in [-0.1, -0.05) is 11.6 Å². The van der Waals surface area contributed by atoms with Crippen LogP contribution in [0.3, 0.4) is 0 Å². The standard InChI is InChI=1S/C11H11ClN2/c1-8-3-10(12)5-11(4-8)14-6-9(2)13-7-14/h3-7H,1-2H3. The Labute approximate surface area is 88.2 Å². The first-order valence-electron chi connectivity index (χ1n) is 4.43. The minimum atomic E-state index is 0.756. The first kappa shape index (κ1) is 9.28. The predicted molar refractivity (Wildman–Crippen MR) is 58.0 cm³/mol. The highest BCUT2D eigenvalue weighted by Crippen LogP contribution is 2.17. The molecule has 0 radical (unpaired) electrons. The van der Waals surface area contributed by atoms with Crippen molar-refractivity contribution in [2.75, 3.05) is 0 Å². The highest BCUT2D eigenvalue weighted by molar-refractivity contribution is 6.30. The summed E-state index contributed by atoms with van der Waals surface area (Å²) < 4.78 is 1.97. The number of halogens is 1. The number of nitrogens with zero attached hydrogens (tertiary/aromatic N) is 2. The third-order valence-electron chi connectivity index (χ3n) is 2.04. The van der Waals surface area contributed by atoms with Crippen LogP contribution >= 0.6 is 11.6 Å². The Morgan fingerprint density at radius 3 is 2.57 bits per heavy atom. The molecule has 0 aliphatic heterocycles. The van der Waals surface area contributed by atoms with Crippen molar-refractivity contribution in [1.82, 2.24) is 9.55 Å². The third-order valence-corrected chi connectivity index (χ3v) is 2.25. The van der Waals surface area contributed by atoms with Gasteiger partial charge in [-0.05, 0) is 37.6 Å². The van der Waals surface area contributed by atoms with Gasteiger partial charge in [-0.15, -0.1) is 0 Å². The molecule has 1 aromatic carbocycles. The zero-order valence-corrected chi connectivity index (χ0v) is 8.92. The van der Waals surface area contributed by atoms with Crippen molar-refractivity contribution < 1.29 is 0 Å². The van der Waals surface area contributed by atoms with Gasteiger partial charge in [0.2, 0.25) is 0 Å². The summed E-state index contributed by atoms with van der Waals surface area (Å²) in [7, 11) is 0. The van der Waals surface area contributed by atoms with Gasteiger partial charge in [-0.25, -0.2) is 4.98 Å². The molecule has 0 unspecified atom stereocenters. The van der Waals surface area contributed by atoms with E-state index in [4.69, 9.17) is 11.6 Å². The van der Waals surface area contributed by atoms with Crippen LogP contribution in [0.5, 0.6) is 0 Å². The molecule has 2 rings (SSSR count). The Hall–Kier alpha value is -1.28. The second-order valence-electron chi connectivity index (χ2n) is 3.41. The average molecular weight is 207 g/mol. The largest absolute Gasteiger partial charge is 0.306 e. The summed E-state index contributed by atoms with van der Waals surface area (Å²) >= 11 is 5.97. The highest BCUT2D eigenvalue weighted by atomic mass is 35.5. The predicted octanol–water partition coefficient (Wildman–Crippen LogP) is 3.14. The maximum atomic E-state index is 5.97. The maximum absolute atomic E-state index is 5.97. The summed E-state index contributed by atoms with van der Waals surface area (Å²) in [5, 5.41) is 0.756. The fourth-order valence-electron chi connectivity index (χ4n) is 1.43. The average Bonchev–Trinajstić information content (AvgIpc) is 2.50. The van der Waals surface area contributed by atoms with Gasteiger partial charge in [-0.2, -0.15) is 0 Å². The van der Waals surface area contributed by atoms with E-state index in [9.17, 15) is 0 Å². The SMILES string of the molecule is Cc1cc(Cl)cc(-n2cnc(C)c2)c1. The van der Waals surface area contributed by atoms with Gasteiger partial charge < -0.3 is 4.57 Å². The Morgan fingerprint density at radius 1 is 1.21 bits per heavy atom. The fourth-order valence-corrected chi connectivity index (χ4v) is 1.71. The summed E-state index contributed by atoms with van der Waals surface area (Å²) in [5.41, 5.74) is 3.21. The number of aromatic nitrogens is 2. The quantitative estimate of drug-likeness (QED) is 0.701. The number of rotatable bonds is 1. The molecule has 3 heteroatoms. The second-order valence-corrected chi connectivity index (χ2v) is 3.85. The Balaban J connectivity index is 2.51. The van der Waals surface area contributed by atoms with Crippen molar-refractivity contribution >= 4 is 11.6 Å². The van der Waals surface area contributed by atoms with Gasteiger partial charge >= 0.3 is 0 Å². The van der Waals surface area contributed by atoms with Gasteiger partial charge in [0.25, 0.3) is 0 Å². The van der Waals surface area contributed by atoms with Crippen molar-refractivity contribution in [3.8, 4) is 5.69 Å². The number of hydrogen-bond acceptors (Lipinski definition) is 1. The Bertz CT molecular complexity index is 440. The summed E-state index contributed by atoms with van der Waals surface area (Å²) in [4.78, 5) is 4.17. The smallest absolute Gasteiger partial charge is 0.0995 e. The van der Waals surface area contributed by atoms with Crippen LogP contribution in [0.25, 0.3) is 5.69 Å². The minimum Gasteiger partial charge on any atom is -0.306 e. The molecule has 0 spiro atoms. The summed E-state index contributed by atoms with van der Waals surface area (Å²) in [6, 6.07) is 5.94. The van der Waals surface area contributed by atoms with E-state index in [0.29, 0.717) is 0 Å². The summed E-state index contributed by atoms with van der Waals surface area (Å²) in [6.07, 6.45) is 3.77. The van der Waals surface area contributed by atoms with Crippen molar-refractivity contribution in [2.24, 2.45) is 0 Å². The van der Waals surface area contributed by atoms with E-state index in [1.54, 1.807) is 6.33 Å². The van der Waals surface area contributed by atoms with Crippen LogP contribution in [0, 0.1) is 13.8 Å². The second kappa shape index (κ2) is 3.46. The van der Waals surface area contributed by atoms with Crippen molar-refractivity contribution in [3.63, 3.8) is 0 Å². The Kier molecular flexibility index (Phi) is 2.30. The van der Waals surface area contributed by atoms with E-state index in [1.807, 2.05) is 36.7 Å². The normalized spacial score (nSPS) is 10.5.